The van der Waals surface area contributed by atoms with Crippen LogP contribution in [-0.4, -0.2) is 50.3 Å². The smallest absolute Gasteiger partial charge is 0.271 e. The number of hydrazone groups is 1. The Kier molecular flexibility index (Phi) is 7.69. The van der Waals surface area contributed by atoms with Gasteiger partial charge in [-0.05, 0) is 24.3 Å². The Hall–Kier alpha value is -4.24. The molecule has 0 unspecified atom stereocenters. The van der Waals surface area contributed by atoms with E-state index in [9.17, 15) is 14.9 Å². The van der Waals surface area contributed by atoms with Crippen molar-refractivity contribution in [1.82, 2.24) is 5.43 Å². The van der Waals surface area contributed by atoms with Gasteiger partial charge in [0.1, 0.15) is 12.3 Å². The minimum Gasteiger partial charge on any atom is -0.495 e. The number of hydrogen-bond acceptors (Lipinski definition) is 6. The van der Waals surface area contributed by atoms with Crippen LogP contribution in [0.4, 0.5) is 11.4 Å². The molecule has 0 spiro atoms. The van der Waals surface area contributed by atoms with Crippen molar-refractivity contribution in [3.05, 3.63) is 99.6 Å². The van der Waals surface area contributed by atoms with Crippen LogP contribution in [0.1, 0.15) is 21.5 Å². The SMILES string of the molecule is COc1ccccc1N1CC[NH+](Cc2ccc(C(=O)N/N=C\c3cccc([N+](=O)[O-])c3)cc2)CC1. The molecule has 35 heavy (non-hydrogen) atoms. The van der Waals surface area contributed by atoms with Crippen LogP contribution in [0, 0.1) is 10.1 Å². The van der Waals surface area contributed by atoms with Crippen molar-refractivity contribution >= 4 is 23.5 Å². The van der Waals surface area contributed by atoms with E-state index in [1.807, 2.05) is 30.3 Å². The van der Waals surface area contributed by atoms with E-state index in [2.05, 4.69) is 21.5 Å². The van der Waals surface area contributed by atoms with Gasteiger partial charge in [-0.2, -0.15) is 5.10 Å². The van der Waals surface area contributed by atoms with Gasteiger partial charge in [0.25, 0.3) is 11.6 Å². The van der Waals surface area contributed by atoms with Crippen molar-refractivity contribution in [2.24, 2.45) is 5.10 Å². The van der Waals surface area contributed by atoms with E-state index in [0.29, 0.717) is 11.1 Å². The molecule has 1 fully saturated rings. The van der Waals surface area contributed by atoms with Crippen LogP contribution in [0.2, 0.25) is 0 Å². The molecule has 0 bridgehead atoms. The molecule has 0 radical (unpaired) electrons. The molecule has 9 heteroatoms. The molecule has 1 heterocycles. The fourth-order valence-corrected chi connectivity index (χ4v) is 4.14. The van der Waals surface area contributed by atoms with Crippen molar-refractivity contribution in [3.8, 4) is 5.75 Å². The van der Waals surface area contributed by atoms with Gasteiger partial charge in [0, 0.05) is 28.8 Å². The zero-order valence-corrected chi connectivity index (χ0v) is 19.5. The van der Waals surface area contributed by atoms with E-state index >= 15 is 0 Å². The maximum Gasteiger partial charge on any atom is 0.271 e. The summed E-state index contributed by atoms with van der Waals surface area (Å²) in [6.45, 7) is 4.85. The zero-order valence-electron chi connectivity index (χ0n) is 19.5. The molecule has 9 nitrogen and oxygen atoms in total. The third-order valence-corrected chi connectivity index (χ3v) is 6.03. The van der Waals surface area contributed by atoms with Crippen LogP contribution in [0.5, 0.6) is 5.75 Å². The minimum absolute atomic E-state index is 0.0285. The summed E-state index contributed by atoms with van der Waals surface area (Å²) < 4.78 is 5.50. The number of carbonyl (C=O) groups excluding carboxylic acids is 1. The van der Waals surface area contributed by atoms with Gasteiger partial charge in [-0.15, -0.1) is 0 Å². The van der Waals surface area contributed by atoms with E-state index in [1.54, 1.807) is 31.4 Å². The minimum atomic E-state index is -0.473. The molecule has 0 aliphatic carbocycles. The third kappa shape index (κ3) is 6.21. The number of ether oxygens (including phenoxy) is 1. The fraction of sp³-hybridized carbons (Fsp3) is 0.231. The maximum atomic E-state index is 12.4. The summed E-state index contributed by atoms with van der Waals surface area (Å²) in [7, 11) is 1.70. The van der Waals surface area contributed by atoms with Crippen LogP contribution in [0.15, 0.2) is 77.9 Å². The number of hydrogen-bond donors (Lipinski definition) is 2. The van der Waals surface area contributed by atoms with Crippen molar-refractivity contribution in [2.75, 3.05) is 38.2 Å². The molecule has 1 amide bonds. The Labute approximate surface area is 203 Å². The maximum absolute atomic E-state index is 12.4. The molecule has 1 aliphatic rings. The van der Waals surface area contributed by atoms with E-state index in [1.165, 1.54) is 28.8 Å². The molecular formula is C26H28N5O4+. The second kappa shape index (κ2) is 11.3. The number of nitro benzene ring substituents is 1. The van der Waals surface area contributed by atoms with E-state index in [-0.39, 0.29) is 11.6 Å². The first-order chi connectivity index (χ1) is 17.0. The standard InChI is InChI=1S/C26H27N5O4/c1-35-25-8-3-2-7-24(25)30-15-13-29(14-16-30)19-20-9-11-22(12-10-20)26(32)28-27-18-21-5-4-6-23(17-21)31(33)34/h2-12,17-18H,13-16,19H2,1H3,(H,28,32)/p+1/b27-18-. The number of benzene rings is 3. The monoisotopic (exact) mass is 474 g/mol. The predicted molar refractivity (Wildman–Crippen MR) is 134 cm³/mol. The molecular weight excluding hydrogens is 446 g/mol. The van der Waals surface area contributed by atoms with Crippen LogP contribution in [-0.2, 0) is 6.54 Å². The lowest BCUT2D eigenvalue weighted by Gasteiger charge is -2.34. The summed E-state index contributed by atoms with van der Waals surface area (Å²) in [6, 6.07) is 21.7. The summed E-state index contributed by atoms with van der Waals surface area (Å²) in [5.74, 6) is 0.565. The van der Waals surface area contributed by atoms with Crippen molar-refractivity contribution < 1.29 is 19.4 Å². The summed E-state index contributed by atoms with van der Waals surface area (Å²) in [5, 5.41) is 14.8. The number of non-ortho nitro benzene ring substituents is 1. The van der Waals surface area contributed by atoms with Gasteiger partial charge in [-0.1, -0.05) is 36.4 Å². The Bertz CT molecular complexity index is 1200. The van der Waals surface area contributed by atoms with Gasteiger partial charge in [0.2, 0.25) is 0 Å². The highest BCUT2D eigenvalue weighted by molar-refractivity contribution is 5.94. The highest BCUT2D eigenvalue weighted by atomic mass is 16.6. The fourth-order valence-electron chi connectivity index (χ4n) is 4.14. The number of carbonyl (C=O) groups is 1. The molecule has 2 N–H and O–H groups in total. The Morgan fingerprint density at radius 3 is 2.57 bits per heavy atom. The van der Waals surface area contributed by atoms with E-state index in [4.69, 9.17) is 4.74 Å². The largest absolute Gasteiger partial charge is 0.495 e. The second-order valence-corrected chi connectivity index (χ2v) is 8.33. The number of amides is 1. The highest BCUT2D eigenvalue weighted by Crippen LogP contribution is 2.27. The number of methoxy groups -OCH3 is 1. The van der Waals surface area contributed by atoms with Gasteiger partial charge in [0.05, 0.1) is 50.1 Å². The van der Waals surface area contributed by atoms with Gasteiger partial charge in [-0.25, -0.2) is 5.43 Å². The number of rotatable bonds is 8. The molecule has 0 atom stereocenters. The lowest BCUT2D eigenvalue weighted by molar-refractivity contribution is -0.914. The Balaban J connectivity index is 1.27. The Morgan fingerprint density at radius 2 is 1.86 bits per heavy atom. The number of nitro groups is 1. The summed E-state index contributed by atoms with van der Waals surface area (Å²) in [6.07, 6.45) is 1.38. The number of piperazine rings is 1. The lowest BCUT2D eigenvalue weighted by Crippen LogP contribution is -3.13. The highest BCUT2D eigenvalue weighted by Gasteiger charge is 2.22. The second-order valence-electron chi connectivity index (χ2n) is 8.33. The molecule has 3 aromatic rings. The van der Waals surface area contributed by atoms with Crippen LogP contribution in [0.3, 0.4) is 0 Å². The zero-order chi connectivity index (χ0) is 24.6. The van der Waals surface area contributed by atoms with Gasteiger partial charge < -0.3 is 14.5 Å². The summed E-state index contributed by atoms with van der Waals surface area (Å²) in [4.78, 5) is 26.6. The number of anilines is 1. The van der Waals surface area contributed by atoms with Crippen molar-refractivity contribution in [1.29, 1.82) is 0 Å². The summed E-state index contributed by atoms with van der Waals surface area (Å²) in [5.41, 5.74) is 5.78. The predicted octanol–water partition coefficient (Wildman–Crippen LogP) is 2.27. The van der Waals surface area contributed by atoms with Crippen LogP contribution in [0.25, 0.3) is 0 Å². The number of nitrogens with one attached hydrogen (secondary N) is 2. The quantitative estimate of drug-likeness (QED) is 0.296. The molecule has 180 valence electrons. The number of para-hydroxylation sites is 2. The average Bonchev–Trinajstić information content (AvgIpc) is 2.89. The van der Waals surface area contributed by atoms with Crippen molar-refractivity contribution in [3.63, 3.8) is 0 Å². The first kappa shape index (κ1) is 23.9. The van der Waals surface area contributed by atoms with Crippen molar-refractivity contribution in [2.45, 2.75) is 6.54 Å². The average molecular weight is 475 g/mol. The topological polar surface area (TPSA) is 102 Å². The van der Waals surface area contributed by atoms with Crippen LogP contribution < -0.4 is 20.0 Å². The molecule has 4 rings (SSSR count). The number of nitrogens with zero attached hydrogens (tertiary/aromatic N) is 3. The Morgan fingerprint density at radius 1 is 1.11 bits per heavy atom. The summed E-state index contributed by atoms with van der Waals surface area (Å²) >= 11 is 0. The van der Waals surface area contributed by atoms with Gasteiger partial charge >= 0.3 is 0 Å². The lowest BCUT2D eigenvalue weighted by atomic mass is 10.1. The molecule has 0 saturated carbocycles. The molecule has 3 aromatic carbocycles. The van der Waals surface area contributed by atoms with Crippen LogP contribution >= 0.6 is 0 Å². The molecule has 1 saturated heterocycles. The van der Waals surface area contributed by atoms with Gasteiger partial charge in [0.15, 0.2) is 0 Å². The first-order valence-corrected chi connectivity index (χ1v) is 11.4. The van der Waals surface area contributed by atoms with Gasteiger partial charge in [-0.3, -0.25) is 14.9 Å². The normalized spacial score (nSPS) is 14.1. The van der Waals surface area contributed by atoms with E-state index in [0.717, 1.165) is 44.2 Å². The number of quaternary nitrogens is 1. The molecule has 0 aromatic heterocycles. The molecule has 1 aliphatic heterocycles. The van der Waals surface area contributed by atoms with E-state index < -0.39 is 4.92 Å². The third-order valence-electron chi connectivity index (χ3n) is 6.03. The first-order valence-electron chi connectivity index (χ1n) is 11.4.